The fourth-order valence-corrected chi connectivity index (χ4v) is 4.58. The van der Waals surface area contributed by atoms with Crippen LogP contribution < -0.4 is 15.0 Å². The molecule has 8 nitrogen and oxygen atoms in total. The molecular formula is C29H28ClN3O5. The smallest absolute Gasteiger partial charge is 0.299 e. The van der Waals surface area contributed by atoms with Gasteiger partial charge in [-0.1, -0.05) is 49.7 Å². The summed E-state index contributed by atoms with van der Waals surface area (Å²) in [6.45, 7) is 3.42. The summed E-state index contributed by atoms with van der Waals surface area (Å²) < 4.78 is 5.18. The van der Waals surface area contributed by atoms with E-state index in [1.165, 1.54) is 9.80 Å². The molecule has 196 valence electrons. The van der Waals surface area contributed by atoms with Crippen molar-refractivity contribution in [1.29, 1.82) is 0 Å². The van der Waals surface area contributed by atoms with E-state index in [1.807, 2.05) is 13.8 Å². The third-order valence-electron chi connectivity index (χ3n) is 6.35. The van der Waals surface area contributed by atoms with Gasteiger partial charge in [0.2, 0.25) is 11.8 Å². The number of halogens is 1. The van der Waals surface area contributed by atoms with Gasteiger partial charge in [0.25, 0.3) is 11.7 Å². The van der Waals surface area contributed by atoms with E-state index in [-0.39, 0.29) is 30.5 Å². The maximum atomic E-state index is 13.8. The van der Waals surface area contributed by atoms with Crippen LogP contribution in [0.4, 0.5) is 11.4 Å². The van der Waals surface area contributed by atoms with Crippen molar-refractivity contribution in [2.24, 2.45) is 5.92 Å². The second-order valence-electron chi connectivity index (χ2n) is 9.29. The summed E-state index contributed by atoms with van der Waals surface area (Å²) in [6, 6.07) is 19.5. The minimum absolute atomic E-state index is 0.104. The van der Waals surface area contributed by atoms with Crippen LogP contribution in [0, 0.1) is 5.92 Å². The molecule has 38 heavy (non-hydrogen) atoms. The number of ether oxygens (including phenoxy) is 1. The quantitative estimate of drug-likeness (QED) is 0.406. The molecule has 1 atom stereocenters. The van der Waals surface area contributed by atoms with E-state index in [1.54, 1.807) is 79.9 Å². The van der Waals surface area contributed by atoms with Crippen LogP contribution in [0.15, 0.2) is 72.8 Å². The van der Waals surface area contributed by atoms with Crippen molar-refractivity contribution in [2.45, 2.75) is 26.4 Å². The lowest BCUT2D eigenvalue weighted by Crippen LogP contribution is -2.53. The van der Waals surface area contributed by atoms with Gasteiger partial charge in [0.15, 0.2) is 0 Å². The van der Waals surface area contributed by atoms with Gasteiger partial charge in [0.05, 0.1) is 18.4 Å². The van der Waals surface area contributed by atoms with Crippen molar-refractivity contribution in [1.82, 2.24) is 4.90 Å². The van der Waals surface area contributed by atoms with Crippen molar-refractivity contribution in [2.75, 3.05) is 23.9 Å². The minimum Gasteiger partial charge on any atom is -0.497 e. The number of nitrogens with one attached hydrogen (secondary N) is 1. The van der Waals surface area contributed by atoms with Crippen LogP contribution in [-0.2, 0) is 20.9 Å². The van der Waals surface area contributed by atoms with Crippen LogP contribution in [0.3, 0.4) is 0 Å². The van der Waals surface area contributed by atoms with E-state index in [2.05, 4.69) is 5.32 Å². The maximum absolute atomic E-state index is 13.8. The molecule has 1 aliphatic heterocycles. The molecule has 0 fully saturated rings. The molecule has 1 heterocycles. The van der Waals surface area contributed by atoms with Crippen molar-refractivity contribution >= 4 is 46.5 Å². The molecule has 0 saturated carbocycles. The molecular weight excluding hydrogens is 506 g/mol. The number of hydrogen-bond acceptors (Lipinski definition) is 5. The molecule has 0 bridgehead atoms. The number of Topliss-reactive ketones (excluding diaryl/α,β-unsaturated/α-hetero) is 1. The highest BCUT2D eigenvalue weighted by molar-refractivity contribution is 6.52. The summed E-state index contributed by atoms with van der Waals surface area (Å²) in [7, 11) is 1.56. The predicted octanol–water partition coefficient (Wildman–Crippen LogP) is 4.57. The summed E-state index contributed by atoms with van der Waals surface area (Å²) in [5.41, 5.74) is 1.95. The Morgan fingerprint density at radius 2 is 1.63 bits per heavy atom. The third-order valence-corrected chi connectivity index (χ3v) is 6.60. The standard InChI is InChI=1S/C29H28ClN3O5/c1-18(2)26(28(36)31-21-12-14-22(38-3)15-13-21)33(16-19-8-10-20(30)11-9-19)25(34)17-32-24-7-5-4-6-23(24)27(35)29(32)37/h4-15,18,26H,16-17H2,1-3H3,(H,31,36). The highest BCUT2D eigenvalue weighted by Gasteiger charge is 2.39. The molecule has 0 saturated heterocycles. The first-order valence-corrected chi connectivity index (χ1v) is 12.5. The Morgan fingerprint density at radius 1 is 0.974 bits per heavy atom. The van der Waals surface area contributed by atoms with E-state index >= 15 is 0 Å². The Hall–Kier alpha value is -4.17. The molecule has 4 rings (SSSR count). The predicted molar refractivity (Wildman–Crippen MR) is 145 cm³/mol. The molecule has 1 aliphatic rings. The zero-order valence-electron chi connectivity index (χ0n) is 21.3. The highest BCUT2D eigenvalue weighted by atomic mass is 35.5. The van der Waals surface area contributed by atoms with Gasteiger partial charge in [-0.25, -0.2) is 0 Å². The van der Waals surface area contributed by atoms with Crippen LogP contribution in [-0.4, -0.2) is 48.1 Å². The summed E-state index contributed by atoms with van der Waals surface area (Å²) in [5, 5.41) is 3.43. The summed E-state index contributed by atoms with van der Waals surface area (Å²) >= 11 is 6.05. The normalized spacial score (nSPS) is 13.3. The lowest BCUT2D eigenvalue weighted by molar-refractivity contribution is -0.140. The van der Waals surface area contributed by atoms with Crippen molar-refractivity contribution in [3.8, 4) is 5.75 Å². The SMILES string of the molecule is COc1ccc(NC(=O)C(C(C)C)N(Cc2ccc(Cl)cc2)C(=O)CN2C(=O)C(=O)c3ccccc32)cc1. The number of carbonyl (C=O) groups is 4. The average Bonchev–Trinajstić information content (AvgIpc) is 3.14. The fraction of sp³-hybridized carbons (Fsp3) is 0.241. The van der Waals surface area contributed by atoms with E-state index in [0.717, 1.165) is 5.56 Å². The third kappa shape index (κ3) is 5.70. The number of rotatable bonds is 9. The molecule has 3 aromatic rings. The number of nitrogens with zero attached hydrogens (tertiary/aromatic N) is 2. The van der Waals surface area contributed by atoms with Gasteiger partial charge in [0, 0.05) is 17.3 Å². The molecule has 1 N–H and O–H groups in total. The molecule has 0 spiro atoms. The van der Waals surface area contributed by atoms with E-state index in [0.29, 0.717) is 22.1 Å². The summed E-state index contributed by atoms with van der Waals surface area (Å²) in [6.07, 6.45) is 0. The van der Waals surface area contributed by atoms with Gasteiger partial charge < -0.3 is 15.0 Å². The van der Waals surface area contributed by atoms with Crippen molar-refractivity contribution in [3.05, 3.63) is 88.9 Å². The maximum Gasteiger partial charge on any atom is 0.299 e. The van der Waals surface area contributed by atoms with Gasteiger partial charge >= 0.3 is 0 Å². The van der Waals surface area contributed by atoms with E-state index < -0.39 is 23.6 Å². The zero-order valence-corrected chi connectivity index (χ0v) is 22.1. The first-order chi connectivity index (χ1) is 18.2. The number of methoxy groups -OCH3 is 1. The van der Waals surface area contributed by atoms with Crippen LogP contribution >= 0.6 is 11.6 Å². The molecule has 3 amide bonds. The summed E-state index contributed by atoms with van der Waals surface area (Å²) in [5.74, 6) is -1.90. The fourth-order valence-electron chi connectivity index (χ4n) is 4.45. The average molecular weight is 534 g/mol. The Kier molecular flexibility index (Phi) is 8.12. The number of anilines is 2. The number of ketones is 1. The van der Waals surface area contributed by atoms with Crippen LogP contribution in [0.1, 0.15) is 29.8 Å². The van der Waals surface area contributed by atoms with Crippen LogP contribution in [0.5, 0.6) is 5.75 Å². The number of hydrogen-bond donors (Lipinski definition) is 1. The first-order valence-electron chi connectivity index (χ1n) is 12.1. The topological polar surface area (TPSA) is 96.0 Å². The van der Waals surface area contributed by atoms with Gasteiger partial charge in [-0.3, -0.25) is 24.1 Å². The lowest BCUT2D eigenvalue weighted by Gasteiger charge is -2.34. The van der Waals surface area contributed by atoms with Crippen LogP contribution in [0.2, 0.25) is 5.02 Å². The van der Waals surface area contributed by atoms with Gasteiger partial charge in [-0.2, -0.15) is 0 Å². The molecule has 1 unspecified atom stereocenters. The number of benzene rings is 3. The highest BCUT2D eigenvalue weighted by Crippen LogP contribution is 2.29. The van der Waals surface area contributed by atoms with Crippen molar-refractivity contribution in [3.63, 3.8) is 0 Å². The molecule has 9 heteroatoms. The second-order valence-corrected chi connectivity index (χ2v) is 9.73. The number of carbonyl (C=O) groups excluding carboxylic acids is 4. The summed E-state index contributed by atoms with van der Waals surface area (Å²) in [4.78, 5) is 55.2. The number of fused-ring (bicyclic) bond motifs is 1. The molecule has 3 aromatic carbocycles. The van der Waals surface area contributed by atoms with E-state index in [4.69, 9.17) is 16.3 Å². The van der Waals surface area contributed by atoms with Crippen molar-refractivity contribution < 1.29 is 23.9 Å². The Labute approximate surface area is 226 Å². The molecule has 0 aromatic heterocycles. The largest absolute Gasteiger partial charge is 0.497 e. The Bertz CT molecular complexity index is 1360. The lowest BCUT2D eigenvalue weighted by atomic mass is 10.00. The Morgan fingerprint density at radius 3 is 2.26 bits per heavy atom. The van der Waals surface area contributed by atoms with Gasteiger partial charge in [0.1, 0.15) is 18.3 Å². The van der Waals surface area contributed by atoms with Gasteiger partial charge in [-0.05, 0) is 60.0 Å². The zero-order chi connectivity index (χ0) is 27.4. The van der Waals surface area contributed by atoms with Gasteiger partial charge in [-0.15, -0.1) is 0 Å². The molecule has 0 aliphatic carbocycles. The van der Waals surface area contributed by atoms with E-state index in [9.17, 15) is 19.2 Å². The van der Waals surface area contributed by atoms with Crippen LogP contribution in [0.25, 0.3) is 0 Å². The number of amides is 3. The first kappa shape index (κ1) is 26.9. The second kappa shape index (κ2) is 11.5. The monoisotopic (exact) mass is 533 g/mol. The minimum atomic E-state index is -0.871. The Balaban J connectivity index is 1.64. The molecule has 0 radical (unpaired) electrons. The number of para-hydroxylation sites is 1.